The van der Waals surface area contributed by atoms with Crippen molar-refractivity contribution in [3.05, 3.63) is 0 Å². The molecule has 0 heterocycles. The van der Waals surface area contributed by atoms with E-state index >= 15 is 0 Å². The summed E-state index contributed by atoms with van der Waals surface area (Å²) in [6.07, 6.45) is 3.79. The summed E-state index contributed by atoms with van der Waals surface area (Å²) >= 11 is 0. The van der Waals surface area contributed by atoms with Crippen LogP contribution in [0, 0.1) is 5.41 Å². The number of rotatable bonds is 3. The van der Waals surface area contributed by atoms with Gasteiger partial charge in [0.25, 0.3) is 0 Å². The zero-order chi connectivity index (χ0) is 12.4. The lowest BCUT2D eigenvalue weighted by Gasteiger charge is -2.34. The lowest BCUT2D eigenvalue weighted by atomic mass is 9.76. The van der Waals surface area contributed by atoms with Crippen molar-refractivity contribution in [3.63, 3.8) is 0 Å². The van der Waals surface area contributed by atoms with Gasteiger partial charge in [0.1, 0.15) is 6.10 Å². The molecule has 1 saturated carbocycles. The molecule has 0 aromatic carbocycles. The summed E-state index contributed by atoms with van der Waals surface area (Å²) in [5.41, 5.74) is 4.10. The number of carbonyl (C=O) groups is 1. The quantitative estimate of drug-likeness (QED) is 0.713. The third kappa shape index (κ3) is 3.46. The molecule has 1 aliphatic carbocycles. The Morgan fingerprint density at radius 3 is 2.44 bits per heavy atom. The van der Waals surface area contributed by atoms with Crippen LogP contribution >= 0.6 is 0 Å². The highest BCUT2D eigenvalue weighted by Gasteiger charge is 2.35. The fourth-order valence-corrected chi connectivity index (χ4v) is 1.85. The van der Waals surface area contributed by atoms with Gasteiger partial charge < -0.3 is 15.6 Å². The average Bonchev–Trinajstić information content (AvgIpc) is 2.21. The highest BCUT2D eigenvalue weighted by atomic mass is 16.6. The molecule has 1 unspecified atom stereocenters. The van der Waals surface area contributed by atoms with Crippen molar-refractivity contribution in [1.29, 1.82) is 0 Å². The third-order valence-corrected chi connectivity index (χ3v) is 3.40. The molecular formula is C12H23NO3. The molecule has 16 heavy (non-hydrogen) atoms. The molecule has 1 rings (SSSR count). The highest BCUT2D eigenvalue weighted by molar-refractivity contribution is 5.79. The van der Waals surface area contributed by atoms with Gasteiger partial charge in [-0.1, -0.05) is 13.8 Å². The van der Waals surface area contributed by atoms with E-state index in [4.69, 9.17) is 10.5 Å². The molecule has 1 aliphatic rings. The van der Waals surface area contributed by atoms with Gasteiger partial charge in [-0.15, -0.1) is 0 Å². The van der Waals surface area contributed by atoms with Crippen LogP contribution in [-0.4, -0.2) is 29.3 Å². The molecular weight excluding hydrogens is 206 g/mol. The lowest BCUT2D eigenvalue weighted by Crippen LogP contribution is -2.45. The Kier molecular flexibility index (Phi) is 3.97. The second-order valence-corrected chi connectivity index (χ2v) is 5.75. The first-order chi connectivity index (χ1) is 7.27. The molecule has 0 spiro atoms. The van der Waals surface area contributed by atoms with Crippen molar-refractivity contribution < 1.29 is 14.6 Å². The molecule has 4 nitrogen and oxygen atoms in total. The summed E-state index contributed by atoms with van der Waals surface area (Å²) < 4.78 is 5.27. The second-order valence-electron chi connectivity index (χ2n) is 5.75. The zero-order valence-corrected chi connectivity index (χ0v) is 10.5. The van der Waals surface area contributed by atoms with E-state index < -0.39 is 11.6 Å². The molecule has 1 fully saturated rings. The van der Waals surface area contributed by atoms with Crippen LogP contribution in [0.2, 0.25) is 0 Å². The first kappa shape index (κ1) is 13.5. The monoisotopic (exact) mass is 229 g/mol. The first-order valence-corrected chi connectivity index (χ1v) is 5.90. The Bertz CT molecular complexity index is 251. The Hall–Kier alpha value is -0.610. The van der Waals surface area contributed by atoms with Crippen molar-refractivity contribution in [2.75, 3.05) is 6.54 Å². The summed E-state index contributed by atoms with van der Waals surface area (Å²) in [4.78, 5) is 11.6. The third-order valence-electron chi connectivity index (χ3n) is 3.40. The summed E-state index contributed by atoms with van der Waals surface area (Å²) in [5, 5.41) is 9.63. The van der Waals surface area contributed by atoms with E-state index in [1.807, 2.05) is 0 Å². The minimum absolute atomic E-state index is 0.0569. The number of esters is 1. The van der Waals surface area contributed by atoms with Crippen LogP contribution in [0.25, 0.3) is 0 Å². The van der Waals surface area contributed by atoms with E-state index in [1.165, 1.54) is 6.92 Å². The Morgan fingerprint density at radius 2 is 2.00 bits per heavy atom. The van der Waals surface area contributed by atoms with E-state index in [0.717, 1.165) is 25.7 Å². The SMILES string of the molecule is CC1(C)CCC(OC(=O)C(C)(O)CN)CC1. The zero-order valence-electron chi connectivity index (χ0n) is 10.5. The standard InChI is InChI=1S/C12H23NO3/c1-11(2)6-4-9(5-7-11)16-10(14)12(3,15)8-13/h9,15H,4-8,13H2,1-3H3. The van der Waals surface area contributed by atoms with Gasteiger partial charge in [0, 0.05) is 6.54 Å². The Balaban J connectivity index is 2.43. The van der Waals surface area contributed by atoms with Crippen LogP contribution in [0.1, 0.15) is 46.5 Å². The summed E-state index contributed by atoms with van der Waals surface area (Å²) in [6.45, 7) is 5.73. The van der Waals surface area contributed by atoms with Gasteiger partial charge >= 0.3 is 5.97 Å². The maximum atomic E-state index is 11.6. The summed E-state index contributed by atoms with van der Waals surface area (Å²) in [6, 6.07) is 0. The average molecular weight is 229 g/mol. The van der Waals surface area contributed by atoms with Crippen molar-refractivity contribution in [3.8, 4) is 0 Å². The van der Waals surface area contributed by atoms with Crippen LogP contribution in [0.15, 0.2) is 0 Å². The number of ether oxygens (including phenoxy) is 1. The Labute approximate surface area is 97.2 Å². The Morgan fingerprint density at radius 1 is 1.50 bits per heavy atom. The first-order valence-electron chi connectivity index (χ1n) is 5.90. The van der Waals surface area contributed by atoms with Crippen molar-refractivity contribution >= 4 is 5.97 Å². The minimum Gasteiger partial charge on any atom is -0.460 e. The summed E-state index contributed by atoms with van der Waals surface area (Å²) in [5.74, 6) is -0.597. The van der Waals surface area contributed by atoms with Crippen LogP contribution in [0.4, 0.5) is 0 Å². The van der Waals surface area contributed by atoms with Gasteiger partial charge in [-0.3, -0.25) is 0 Å². The largest absolute Gasteiger partial charge is 0.460 e. The van der Waals surface area contributed by atoms with Crippen molar-refractivity contribution in [2.45, 2.75) is 58.2 Å². The van der Waals surface area contributed by atoms with Gasteiger partial charge in [-0.05, 0) is 38.0 Å². The number of hydrogen-bond donors (Lipinski definition) is 2. The molecule has 0 aromatic heterocycles. The van der Waals surface area contributed by atoms with Crippen molar-refractivity contribution in [1.82, 2.24) is 0 Å². The highest BCUT2D eigenvalue weighted by Crippen LogP contribution is 2.36. The molecule has 0 aromatic rings. The van der Waals surface area contributed by atoms with Crippen LogP contribution < -0.4 is 5.73 Å². The van der Waals surface area contributed by atoms with Gasteiger partial charge in [0.15, 0.2) is 5.60 Å². The fourth-order valence-electron chi connectivity index (χ4n) is 1.85. The number of carbonyl (C=O) groups excluding carboxylic acids is 1. The fraction of sp³-hybridized carbons (Fsp3) is 0.917. The predicted molar refractivity (Wildman–Crippen MR) is 61.8 cm³/mol. The molecule has 94 valence electrons. The van der Waals surface area contributed by atoms with Gasteiger partial charge in [-0.25, -0.2) is 4.79 Å². The van der Waals surface area contributed by atoms with E-state index in [1.54, 1.807) is 0 Å². The maximum absolute atomic E-state index is 11.6. The number of hydrogen-bond acceptors (Lipinski definition) is 4. The number of nitrogens with two attached hydrogens (primary N) is 1. The molecule has 0 amide bonds. The molecule has 3 N–H and O–H groups in total. The molecule has 0 saturated heterocycles. The normalized spacial score (nSPS) is 24.8. The lowest BCUT2D eigenvalue weighted by molar-refractivity contribution is -0.170. The predicted octanol–water partition coefficient (Wildman–Crippen LogP) is 1.21. The number of aliphatic hydroxyl groups is 1. The van der Waals surface area contributed by atoms with E-state index in [9.17, 15) is 9.90 Å². The summed E-state index contributed by atoms with van der Waals surface area (Å²) in [7, 11) is 0. The molecule has 0 radical (unpaired) electrons. The van der Waals surface area contributed by atoms with E-state index in [0.29, 0.717) is 5.41 Å². The second kappa shape index (κ2) is 4.72. The smallest absolute Gasteiger partial charge is 0.339 e. The van der Waals surface area contributed by atoms with Gasteiger partial charge in [0.05, 0.1) is 0 Å². The molecule has 4 heteroatoms. The molecule has 0 bridgehead atoms. The van der Waals surface area contributed by atoms with Gasteiger partial charge in [0.2, 0.25) is 0 Å². The van der Waals surface area contributed by atoms with Gasteiger partial charge in [-0.2, -0.15) is 0 Å². The molecule has 1 atom stereocenters. The minimum atomic E-state index is -1.55. The van der Waals surface area contributed by atoms with Crippen molar-refractivity contribution in [2.24, 2.45) is 11.1 Å². The van der Waals surface area contributed by atoms with E-state index in [2.05, 4.69) is 13.8 Å². The van der Waals surface area contributed by atoms with E-state index in [-0.39, 0.29) is 12.6 Å². The maximum Gasteiger partial charge on any atom is 0.339 e. The topological polar surface area (TPSA) is 72.5 Å². The molecule has 0 aliphatic heterocycles. The van der Waals surface area contributed by atoms with Crippen LogP contribution in [-0.2, 0) is 9.53 Å². The van der Waals surface area contributed by atoms with Crippen LogP contribution in [0.5, 0.6) is 0 Å². The van der Waals surface area contributed by atoms with Crippen LogP contribution in [0.3, 0.4) is 0 Å².